The Hall–Kier alpha value is -1.63. The molecule has 0 saturated heterocycles. The van der Waals surface area contributed by atoms with E-state index in [0.29, 0.717) is 0 Å². The fraction of sp³-hybridized carbons (Fsp3) is 0.385. The van der Waals surface area contributed by atoms with E-state index in [1.54, 1.807) is 0 Å². The van der Waals surface area contributed by atoms with Gasteiger partial charge in [0.1, 0.15) is 11.6 Å². The first-order valence-corrected chi connectivity index (χ1v) is 7.17. The average molecular weight is 300 g/mol. The molecule has 1 aromatic carbocycles. The SMILES string of the molecule is O=C(CSc1cc(F)ccc1F)NCC(=O)NC1CC1. The van der Waals surface area contributed by atoms with Crippen LogP contribution in [0, 0.1) is 11.6 Å². The molecule has 20 heavy (non-hydrogen) atoms. The highest BCUT2D eigenvalue weighted by atomic mass is 32.2. The van der Waals surface area contributed by atoms with Crippen LogP contribution in [-0.4, -0.2) is 30.2 Å². The van der Waals surface area contributed by atoms with Crippen molar-refractivity contribution in [1.29, 1.82) is 0 Å². The molecule has 108 valence electrons. The second-order valence-electron chi connectivity index (χ2n) is 4.48. The number of hydrogen-bond acceptors (Lipinski definition) is 3. The Morgan fingerprint density at radius 2 is 2.00 bits per heavy atom. The Bertz CT molecular complexity index is 521. The highest BCUT2D eigenvalue weighted by Crippen LogP contribution is 2.22. The van der Waals surface area contributed by atoms with Crippen LogP contribution in [0.25, 0.3) is 0 Å². The molecule has 1 aromatic rings. The minimum absolute atomic E-state index is 0.0718. The average Bonchev–Trinajstić information content (AvgIpc) is 3.21. The molecule has 2 N–H and O–H groups in total. The van der Waals surface area contributed by atoms with Crippen molar-refractivity contribution in [3.05, 3.63) is 29.8 Å². The van der Waals surface area contributed by atoms with Gasteiger partial charge in [0.05, 0.1) is 12.3 Å². The number of amides is 2. The van der Waals surface area contributed by atoms with Crippen molar-refractivity contribution < 1.29 is 18.4 Å². The van der Waals surface area contributed by atoms with Gasteiger partial charge in [0, 0.05) is 10.9 Å². The van der Waals surface area contributed by atoms with Crippen LogP contribution < -0.4 is 10.6 Å². The maximum Gasteiger partial charge on any atom is 0.239 e. The van der Waals surface area contributed by atoms with E-state index in [1.165, 1.54) is 0 Å². The minimum Gasteiger partial charge on any atom is -0.352 e. The Morgan fingerprint density at radius 1 is 1.25 bits per heavy atom. The van der Waals surface area contributed by atoms with Gasteiger partial charge in [-0.2, -0.15) is 0 Å². The molecule has 0 atom stereocenters. The van der Waals surface area contributed by atoms with Crippen molar-refractivity contribution in [1.82, 2.24) is 10.6 Å². The highest BCUT2D eigenvalue weighted by Gasteiger charge is 2.23. The van der Waals surface area contributed by atoms with E-state index in [1.807, 2.05) is 0 Å². The molecule has 2 rings (SSSR count). The molecule has 0 spiro atoms. The third-order valence-electron chi connectivity index (χ3n) is 2.64. The van der Waals surface area contributed by atoms with Gasteiger partial charge in [0.15, 0.2) is 0 Å². The minimum atomic E-state index is -0.573. The van der Waals surface area contributed by atoms with Crippen LogP contribution in [0.5, 0.6) is 0 Å². The van der Waals surface area contributed by atoms with Gasteiger partial charge in [-0.25, -0.2) is 8.78 Å². The van der Waals surface area contributed by atoms with Crippen LogP contribution in [0.1, 0.15) is 12.8 Å². The van der Waals surface area contributed by atoms with E-state index in [2.05, 4.69) is 10.6 Å². The molecular weight excluding hydrogens is 286 g/mol. The van der Waals surface area contributed by atoms with E-state index in [0.717, 1.165) is 42.8 Å². The maximum atomic E-state index is 13.3. The Balaban J connectivity index is 1.71. The first-order valence-electron chi connectivity index (χ1n) is 6.18. The molecule has 0 bridgehead atoms. The largest absolute Gasteiger partial charge is 0.352 e. The van der Waals surface area contributed by atoms with Crippen LogP contribution in [0.4, 0.5) is 8.78 Å². The van der Waals surface area contributed by atoms with Crippen LogP contribution in [0.15, 0.2) is 23.1 Å². The topological polar surface area (TPSA) is 58.2 Å². The number of thioether (sulfide) groups is 1. The van der Waals surface area contributed by atoms with Crippen LogP contribution in [-0.2, 0) is 9.59 Å². The van der Waals surface area contributed by atoms with Crippen molar-refractivity contribution in [3.63, 3.8) is 0 Å². The van der Waals surface area contributed by atoms with Gasteiger partial charge in [-0.1, -0.05) is 0 Å². The summed E-state index contributed by atoms with van der Waals surface area (Å²) in [7, 11) is 0. The Kier molecular flexibility index (Phi) is 4.94. The molecule has 1 saturated carbocycles. The first-order chi connectivity index (χ1) is 9.54. The normalized spacial score (nSPS) is 13.9. The summed E-state index contributed by atoms with van der Waals surface area (Å²) in [5, 5.41) is 5.16. The van der Waals surface area contributed by atoms with Crippen molar-refractivity contribution in [3.8, 4) is 0 Å². The number of hydrogen-bond donors (Lipinski definition) is 2. The van der Waals surface area contributed by atoms with Crippen molar-refractivity contribution in [2.75, 3.05) is 12.3 Å². The van der Waals surface area contributed by atoms with E-state index in [9.17, 15) is 18.4 Å². The van der Waals surface area contributed by atoms with E-state index >= 15 is 0 Å². The highest BCUT2D eigenvalue weighted by molar-refractivity contribution is 8.00. The number of halogens is 2. The summed E-state index contributed by atoms with van der Waals surface area (Å²) in [6.45, 7) is -0.0957. The summed E-state index contributed by atoms with van der Waals surface area (Å²) in [6.07, 6.45) is 1.96. The number of rotatable bonds is 6. The molecule has 0 aliphatic heterocycles. The fourth-order valence-electron chi connectivity index (χ4n) is 1.47. The predicted molar refractivity (Wildman–Crippen MR) is 71.3 cm³/mol. The first kappa shape index (κ1) is 14.8. The second-order valence-corrected chi connectivity index (χ2v) is 5.50. The van der Waals surface area contributed by atoms with Gasteiger partial charge >= 0.3 is 0 Å². The smallest absolute Gasteiger partial charge is 0.239 e. The standard InChI is InChI=1S/C13H14F2N2O2S/c14-8-1-4-10(15)11(5-8)20-7-13(19)16-6-12(18)17-9-2-3-9/h1,4-5,9H,2-3,6-7H2,(H,16,19)(H,17,18). The summed E-state index contributed by atoms with van der Waals surface area (Å²) in [6, 6.07) is 3.31. The molecular formula is C13H14F2N2O2S. The molecule has 0 aromatic heterocycles. The van der Waals surface area contributed by atoms with Crippen LogP contribution in [0.2, 0.25) is 0 Å². The van der Waals surface area contributed by atoms with Gasteiger partial charge in [-0.15, -0.1) is 11.8 Å². The maximum absolute atomic E-state index is 13.3. The van der Waals surface area contributed by atoms with Gasteiger partial charge in [-0.3, -0.25) is 9.59 Å². The molecule has 2 amide bonds. The third kappa shape index (κ3) is 4.80. The summed E-state index contributed by atoms with van der Waals surface area (Å²) in [4.78, 5) is 22.9. The lowest BCUT2D eigenvalue weighted by molar-refractivity contribution is -0.124. The zero-order valence-electron chi connectivity index (χ0n) is 10.6. The fourth-order valence-corrected chi connectivity index (χ4v) is 2.26. The van der Waals surface area contributed by atoms with E-state index in [-0.39, 0.29) is 29.1 Å². The zero-order chi connectivity index (χ0) is 14.5. The lowest BCUT2D eigenvalue weighted by Crippen LogP contribution is -2.38. The van der Waals surface area contributed by atoms with Gasteiger partial charge < -0.3 is 10.6 Å². The molecule has 0 heterocycles. The lowest BCUT2D eigenvalue weighted by atomic mass is 10.3. The lowest BCUT2D eigenvalue weighted by Gasteiger charge is -2.06. The van der Waals surface area contributed by atoms with Gasteiger partial charge in [-0.05, 0) is 31.0 Å². The molecule has 4 nitrogen and oxygen atoms in total. The Morgan fingerprint density at radius 3 is 2.70 bits per heavy atom. The third-order valence-corrected chi connectivity index (χ3v) is 3.67. The van der Waals surface area contributed by atoms with E-state index in [4.69, 9.17) is 0 Å². The number of nitrogens with one attached hydrogen (secondary N) is 2. The van der Waals surface area contributed by atoms with Crippen molar-refractivity contribution in [2.45, 2.75) is 23.8 Å². The number of carbonyl (C=O) groups is 2. The molecule has 1 aliphatic carbocycles. The summed E-state index contributed by atoms with van der Waals surface area (Å²) in [5.74, 6) is -1.84. The molecule has 1 aliphatic rings. The molecule has 0 unspecified atom stereocenters. The van der Waals surface area contributed by atoms with Gasteiger partial charge in [0.2, 0.25) is 11.8 Å². The van der Waals surface area contributed by atoms with Crippen molar-refractivity contribution >= 4 is 23.6 Å². The summed E-state index contributed by atoms with van der Waals surface area (Å²) in [5.41, 5.74) is 0. The van der Waals surface area contributed by atoms with Crippen LogP contribution in [0.3, 0.4) is 0 Å². The Labute approximate surface area is 119 Å². The molecule has 1 fully saturated rings. The second kappa shape index (κ2) is 6.69. The number of carbonyl (C=O) groups excluding carboxylic acids is 2. The van der Waals surface area contributed by atoms with Crippen LogP contribution >= 0.6 is 11.8 Å². The quantitative estimate of drug-likeness (QED) is 0.782. The molecule has 0 radical (unpaired) electrons. The van der Waals surface area contributed by atoms with E-state index < -0.39 is 17.5 Å². The summed E-state index contributed by atoms with van der Waals surface area (Å²) >= 11 is 0.888. The predicted octanol–water partition coefficient (Wildman–Crippen LogP) is 1.45. The zero-order valence-corrected chi connectivity index (χ0v) is 11.4. The van der Waals surface area contributed by atoms with Gasteiger partial charge in [0.25, 0.3) is 0 Å². The van der Waals surface area contributed by atoms with Crippen molar-refractivity contribution in [2.24, 2.45) is 0 Å². The number of benzene rings is 1. The summed E-state index contributed by atoms with van der Waals surface area (Å²) < 4.78 is 26.2. The monoisotopic (exact) mass is 300 g/mol. The molecule has 7 heteroatoms.